The van der Waals surface area contributed by atoms with E-state index in [1.807, 2.05) is 6.92 Å². The number of hydrogen-bond acceptors (Lipinski definition) is 3. The Kier molecular flexibility index (Phi) is 5.31. The van der Waals surface area contributed by atoms with Gasteiger partial charge in [-0.1, -0.05) is 35.3 Å². The average molecular weight is 330 g/mol. The van der Waals surface area contributed by atoms with Gasteiger partial charge in [-0.3, -0.25) is 0 Å². The number of piperidine rings is 1. The number of likely N-dealkylation sites (tertiary alicyclic amines) is 1. The fraction of sp³-hybridized carbons (Fsp3) is 0.429. The molecule has 1 atom stereocenters. The first-order valence-corrected chi connectivity index (χ1v) is 7.52. The van der Waals surface area contributed by atoms with E-state index < -0.39 is 0 Å². The molecule has 5 nitrogen and oxygen atoms in total. The van der Waals surface area contributed by atoms with E-state index in [1.165, 1.54) is 0 Å². The van der Waals surface area contributed by atoms with Gasteiger partial charge in [-0.25, -0.2) is 4.79 Å². The number of urea groups is 1. The molecule has 0 radical (unpaired) electrons. The molecule has 0 aromatic heterocycles. The van der Waals surface area contributed by atoms with Gasteiger partial charge in [0.05, 0.1) is 16.4 Å². The largest absolute Gasteiger partial charge is 0.411 e. The maximum Gasteiger partial charge on any atom is 0.321 e. The van der Waals surface area contributed by atoms with Crippen LogP contribution in [0.15, 0.2) is 23.4 Å². The molecule has 1 saturated heterocycles. The van der Waals surface area contributed by atoms with Crippen LogP contribution in [-0.4, -0.2) is 34.9 Å². The summed E-state index contributed by atoms with van der Waals surface area (Å²) in [6.07, 6.45) is 1.40. The van der Waals surface area contributed by atoms with E-state index >= 15 is 0 Å². The SMILES string of the molecule is CCC1CN(C(=O)Nc2cc(Cl)ccc2Cl)CC/C1=N\O. The van der Waals surface area contributed by atoms with Gasteiger partial charge in [0.2, 0.25) is 0 Å². The van der Waals surface area contributed by atoms with Gasteiger partial charge >= 0.3 is 6.03 Å². The summed E-state index contributed by atoms with van der Waals surface area (Å²) < 4.78 is 0. The van der Waals surface area contributed by atoms with Crippen LogP contribution in [-0.2, 0) is 0 Å². The van der Waals surface area contributed by atoms with Crippen LogP contribution in [0.1, 0.15) is 19.8 Å². The number of anilines is 1. The number of amides is 2. The van der Waals surface area contributed by atoms with Crippen molar-refractivity contribution in [1.29, 1.82) is 0 Å². The second-order valence-electron chi connectivity index (χ2n) is 4.95. The van der Waals surface area contributed by atoms with Crippen molar-refractivity contribution in [2.75, 3.05) is 18.4 Å². The molecule has 1 unspecified atom stereocenters. The van der Waals surface area contributed by atoms with E-state index in [1.54, 1.807) is 23.1 Å². The minimum atomic E-state index is -0.227. The number of hydrogen-bond donors (Lipinski definition) is 2. The summed E-state index contributed by atoms with van der Waals surface area (Å²) in [5, 5.41) is 16.0. The van der Waals surface area contributed by atoms with Crippen molar-refractivity contribution in [2.24, 2.45) is 11.1 Å². The van der Waals surface area contributed by atoms with Crippen molar-refractivity contribution in [3.05, 3.63) is 28.2 Å². The molecule has 1 aliphatic rings. The molecular formula is C14H17Cl2N3O2. The van der Waals surface area contributed by atoms with Crippen LogP contribution in [0.4, 0.5) is 10.5 Å². The molecular weight excluding hydrogens is 313 g/mol. The summed E-state index contributed by atoms with van der Waals surface area (Å²) in [7, 11) is 0. The van der Waals surface area contributed by atoms with Gasteiger partial charge < -0.3 is 15.4 Å². The first-order valence-electron chi connectivity index (χ1n) is 6.77. The molecule has 0 aliphatic carbocycles. The summed E-state index contributed by atoms with van der Waals surface area (Å²) in [6.45, 7) is 3.05. The highest BCUT2D eigenvalue weighted by molar-refractivity contribution is 6.35. The predicted octanol–water partition coefficient (Wildman–Crippen LogP) is 4.09. The Morgan fingerprint density at radius 2 is 2.29 bits per heavy atom. The normalized spacial score (nSPS) is 20.6. The van der Waals surface area contributed by atoms with Gasteiger partial charge in [0, 0.05) is 30.5 Å². The highest BCUT2D eigenvalue weighted by atomic mass is 35.5. The van der Waals surface area contributed by atoms with Crippen LogP contribution in [0.5, 0.6) is 0 Å². The Labute approximate surface area is 133 Å². The zero-order chi connectivity index (χ0) is 15.4. The van der Waals surface area contributed by atoms with Crippen LogP contribution in [0.25, 0.3) is 0 Å². The van der Waals surface area contributed by atoms with E-state index in [4.69, 9.17) is 28.4 Å². The first kappa shape index (κ1) is 15.9. The lowest BCUT2D eigenvalue weighted by Gasteiger charge is -2.32. The van der Waals surface area contributed by atoms with E-state index in [0.29, 0.717) is 35.2 Å². The molecule has 0 spiro atoms. The smallest absolute Gasteiger partial charge is 0.321 e. The molecule has 1 aliphatic heterocycles. The van der Waals surface area contributed by atoms with Gasteiger partial charge in [-0.2, -0.15) is 0 Å². The summed E-state index contributed by atoms with van der Waals surface area (Å²) in [4.78, 5) is 14.0. The van der Waals surface area contributed by atoms with E-state index in [2.05, 4.69) is 10.5 Å². The Morgan fingerprint density at radius 1 is 1.52 bits per heavy atom. The molecule has 114 valence electrons. The fourth-order valence-electron chi connectivity index (χ4n) is 2.38. The molecule has 21 heavy (non-hydrogen) atoms. The van der Waals surface area contributed by atoms with Crippen LogP contribution in [0, 0.1) is 5.92 Å². The Hall–Kier alpha value is -1.46. The molecule has 7 heteroatoms. The Balaban J connectivity index is 2.05. The third-order valence-electron chi connectivity index (χ3n) is 3.63. The monoisotopic (exact) mass is 329 g/mol. The average Bonchev–Trinajstić information content (AvgIpc) is 2.50. The molecule has 1 heterocycles. The number of nitrogens with one attached hydrogen (secondary N) is 1. The van der Waals surface area contributed by atoms with Gasteiger partial charge in [0.1, 0.15) is 0 Å². The van der Waals surface area contributed by atoms with Crippen LogP contribution >= 0.6 is 23.2 Å². The van der Waals surface area contributed by atoms with Crippen molar-refractivity contribution in [1.82, 2.24) is 4.90 Å². The predicted molar refractivity (Wildman–Crippen MR) is 84.7 cm³/mol. The van der Waals surface area contributed by atoms with Crippen molar-refractivity contribution in [2.45, 2.75) is 19.8 Å². The van der Waals surface area contributed by atoms with E-state index in [9.17, 15) is 4.79 Å². The zero-order valence-corrected chi connectivity index (χ0v) is 13.2. The molecule has 2 rings (SSSR count). The maximum absolute atomic E-state index is 12.3. The van der Waals surface area contributed by atoms with E-state index in [-0.39, 0.29) is 11.9 Å². The first-order chi connectivity index (χ1) is 10.0. The maximum atomic E-state index is 12.3. The van der Waals surface area contributed by atoms with E-state index in [0.717, 1.165) is 12.1 Å². The second kappa shape index (κ2) is 7.00. The van der Waals surface area contributed by atoms with Gasteiger partial charge in [-0.05, 0) is 24.6 Å². The second-order valence-corrected chi connectivity index (χ2v) is 5.79. The quantitative estimate of drug-likeness (QED) is 0.634. The minimum absolute atomic E-state index is 0.0873. The number of halogens is 2. The third-order valence-corrected chi connectivity index (χ3v) is 4.19. The highest BCUT2D eigenvalue weighted by Crippen LogP contribution is 2.26. The van der Waals surface area contributed by atoms with Crippen LogP contribution in [0.3, 0.4) is 0 Å². The molecule has 0 bridgehead atoms. The number of rotatable bonds is 2. The lowest BCUT2D eigenvalue weighted by molar-refractivity contribution is 0.200. The van der Waals surface area contributed by atoms with Crippen molar-refractivity contribution in [3.63, 3.8) is 0 Å². The summed E-state index contributed by atoms with van der Waals surface area (Å²) in [5.41, 5.74) is 1.24. The van der Waals surface area contributed by atoms with Crippen molar-refractivity contribution in [3.8, 4) is 0 Å². The number of nitrogens with zero attached hydrogens (tertiary/aromatic N) is 2. The standard InChI is InChI=1S/C14H17Cl2N3O2/c1-2-9-8-19(6-5-12(9)18-21)14(20)17-13-7-10(15)3-4-11(13)16/h3-4,7,9,21H,2,5-6,8H2,1H3,(H,17,20)/b18-12+. The third kappa shape index (κ3) is 3.80. The number of carbonyl (C=O) groups excluding carboxylic acids is 1. The molecule has 0 saturated carbocycles. The highest BCUT2D eigenvalue weighted by Gasteiger charge is 2.27. The molecule has 1 fully saturated rings. The molecule has 1 aromatic carbocycles. The van der Waals surface area contributed by atoms with Gasteiger partial charge in [0.15, 0.2) is 0 Å². The zero-order valence-electron chi connectivity index (χ0n) is 11.6. The Bertz CT molecular complexity index is 563. The summed E-state index contributed by atoms with van der Waals surface area (Å²) >= 11 is 11.9. The van der Waals surface area contributed by atoms with Gasteiger partial charge in [-0.15, -0.1) is 0 Å². The number of oxime groups is 1. The molecule has 1 aromatic rings. The van der Waals surface area contributed by atoms with Crippen LogP contribution < -0.4 is 5.32 Å². The number of carbonyl (C=O) groups is 1. The topological polar surface area (TPSA) is 64.9 Å². The lowest BCUT2D eigenvalue weighted by Crippen LogP contribution is -2.45. The number of benzene rings is 1. The Morgan fingerprint density at radius 3 is 2.95 bits per heavy atom. The van der Waals surface area contributed by atoms with Gasteiger partial charge in [0.25, 0.3) is 0 Å². The summed E-state index contributed by atoms with van der Waals surface area (Å²) in [5.74, 6) is 0.0873. The lowest BCUT2D eigenvalue weighted by atomic mass is 9.93. The van der Waals surface area contributed by atoms with Crippen molar-refractivity contribution < 1.29 is 10.0 Å². The fourth-order valence-corrected chi connectivity index (χ4v) is 2.72. The van der Waals surface area contributed by atoms with Crippen LogP contribution in [0.2, 0.25) is 10.0 Å². The summed E-state index contributed by atoms with van der Waals surface area (Å²) in [6, 6.07) is 4.69. The van der Waals surface area contributed by atoms with Crippen molar-refractivity contribution >= 4 is 40.6 Å². The molecule has 2 amide bonds. The molecule has 2 N–H and O–H groups in total. The minimum Gasteiger partial charge on any atom is -0.411 e.